The molecule has 2 unspecified atom stereocenters. The molecular formula is C16H22N2OS. The molecule has 2 N–H and O–H groups in total. The Hall–Kier alpha value is -1.26. The summed E-state index contributed by atoms with van der Waals surface area (Å²) in [6.45, 7) is 6.86. The third kappa shape index (κ3) is 4.12. The third-order valence-electron chi connectivity index (χ3n) is 3.48. The smallest absolute Gasteiger partial charge is 0.241 e. The van der Waals surface area contributed by atoms with Gasteiger partial charge in [0.05, 0.1) is 11.7 Å². The first kappa shape index (κ1) is 15.1. The summed E-state index contributed by atoms with van der Waals surface area (Å²) in [5, 5.41) is 6.35. The van der Waals surface area contributed by atoms with Gasteiger partial charge in [0.2, 0.25) is 5.91 Å². The summed E-state index contributed by atoms with van der Waals surface area (Å²) in [6.07, 6.45) is 3.93. The molecule has 2 atom stereocenters. The summed E-state index contributed by atoms with van der Waals surface area (Å²) in [4.78, 5) is 13.4. The van der Waals surface area contributed by atoms with Gasteiger partial charge in [-0.25, -0.2) is 0 Å². The number of rotatable bonds is 5. The van der Waals surface area contributed by atoms with Gasteiger partial charge in [0.15, 0.2) is 0 Å². The Bertz CT molecular complexity index is 475. The minimum absolute atomic E-state index is 0.0724. The molecule has 1 fully saturated rings. The molecule has 3 nitrogen and oxygen atoms in total. The zero-order chi connectivity index (χ0) is 14.4. The van der Waals surface area contributed by atoms with Crippen molar-refractivity contribution in [1.82, 2.24) is 5.32 Å². The summed E-state index contributed by atoms with van der Waals surface area (Å²) in [7, 11) is 0. The SMILES string of the molecule is C=CCSc1ccccc1NC(=O)C1CC(C)CCN1. The minimum atomic E-state index is -0.0730. The molecule has 0 spiro atoms. The number of para-hydroxylation sites is 1. The second-order valence-electron chi connectivity index (χ2n) is 5.22. The lowest BCUT2D eigenvalue weighted by Gasteiger charge is -2.27. The van der Waals surface area contributed by atoms with Crippen LogP contribution in [0.1, 0.15) is 19.8 Å². The van der Waals surface area contributed by atoms with E-state index in [9.17, 15) is 4.79 Å². The Morgan fingerprint density at radius 2 is 2.35 bits per heavy atom. The van der Waals surface area contributed by atoms with Crippen LogP contribution in [0, 0.1) is 5.92 Å². The average Bonchev–Trinajstić information content (AvgIpc) is 2.46. The van der Waals surface area contributed by atoms with Crippen molar-refractivity contribution < 1.29 is 4.79 Å². The van der Waals surface area contributed by atoms with Crippen molar-refractivity contribution in [2.24, 2.45) is 5.92 Å². The van der Waals surface area contributed by atoms with Gasteiger partial charge in [0.25, 0.3) is 0 Å². The Labute approximate surface area is 125 Å². The average molecular weight is 290 g/mol. The van der Waals surface area contributed by atoms with Gasteiger partial charge in [-0.15, -0.1) is 18.3 Å². The van der Waals surface area contributed by atoms with Gasteiger partial charge in [-0.2, -0.15) is 0 Å². The van der Waals surface area contributed by atoms with E-state index in [0.717, 1.165) is 35.7 Å². The molecule has 1 aromatic rings. The number of piperidine rings is 1. The maximum absolute atomic E-state index is 12.3. The number of thioether (sulfide) groups is 1. The fourth-order valence-electron chi connectivity index (χ4n) is 2.37. The van der Waals surface area contributed by atoms with Crippen LogP contribution in [0.4, 0.5) is 5.69 Å². The number of carbonyl (C=O) groups excluding carboxylic acids is 1. The Balaban J connectivity index is 2.01. The lowest BCUT2D eigenvalue weighted by Crippen LogP contribution is -2.45. The van der Waals surface area contributed by atoms with Crippen LogP contribution in [0.2, 0.25) is 0 Å². The van der Waals surface area contributed by atoms with Crippen molar-refractivity contribution in [1.29, 1.82) is 0 Å². The summed E-state index contributed by atoms with van der Waals surface area (Å²) in [5.41, 5.74) is 0.893. The first-order valence-corrected chi connectivity index (χ1v) is 8.06. The van der Waals surface area contributed by atoms with Crippen molar-refractivity contribution >= 4 is 23.4 Å². The van der Waals surface area contributed by atoms with E-state index in [-0.39, 0.29) is 11.9 Å². The van der Waals surface area contributed by atoms with Crippen LogP contribution in [-0.2, 0) is 4.79 Å². The highest BCUT2D eigenvalue weighted by molar-refractivity contribution is 7.99. The van der Waals surface area contributed by atoms with Crippen LogP contribution in [0.25, 0.3) is 0 Å². The van der Waals surface area contributed by atoms with E-state index in [1.165, 1.54) is 0 Å². The van der Waals surface area contributed by atoms with Gasteiger partial charge in [-0.1, -0.05) is 25.1 Å². The van der Waals surface area contributed by atoms with Crippen LogP contribution in [0.5, 0.6) is 0 Å². The molecule has 1 heterocycles. The third-order valence-corrected chi connectivity index (χ3v) is 4.55. The van der Waals surface area contributed by atoms with Crippen LogP contribution in [-0.4, -0.2) is 24.2 Å². The van der Waals surface area contributed by atoms with Gasteiger partial charge in [0.1, 0.15) is 0 Å². The number of nitrogens with one attached hydrogen (secondary N) is 2. The maximum atomic E-state index is 12.3. The molecule has 0 bridgehead atoms. The van der Waals surface area contributed by atoms with Crippen molar-refractivity contribution in [2.75, 3.05) is 17.6 Å². The minimum Gasteiger partial charge on any atom is -0.324 e. The van der Waals surface area contributed by atoms with Crippen molar-refractivity contribution in [3.8, 4) is 0 Å². The maximum Gasteiger partial charge on any atom is 0.241 e. The fourth-order valence-corrected chi connectivity index (χ4v) is 3.12. The molecule has 1 aromatic carbocycles. The predicted molar refractivity (Wildman–Crippen MR) is 86.2 cm³/mol. The molecule has 20 heavy (non-hydrogen) atoms. The first-order valence-electron chi connectivity index (χ1n) is 7.07. The van der Waals surface area contributed by atoms with Gasteiger partial charge in [0, 0.05) is 10.6 Å². The van der Waals surface area contributed by atoms with Crippen LogP contribution < -0.4 is 10.6 Å². The Morgan fingerprint density at radius 1 is 1.55 bits per heavy atom. The van der Waals surface area contributed by atoms with E-state index < -0.39 is 0 Å². The largest absolute Gasteiger partial charge is 0.324 e. The van der Waals surface area contributed by atoms with Crippen LogP contribution >= 0.6 is 11.8 Å². The molecular weight excluding hydrogens is 268 g/mol. The quantitative estimate of drug-likeness (QED) is 0.646. The topological polar surface area (TPSA) is 41.1 Å². The van der Waals surface area contributed by atoms with Gasteiger partial charge >= 0.3 is 0 Å². The number of benzene rings is 1. The summed E-state index contributed by atoms with van der Waals surface area (Å²) in [5.74, 6) is 1.52. The van der Waals surface area contributed by atoms with Gasteiger partial charge < -0.3 is 10.6 Å². The molecule has 2 rings (SSSR count). The lowest BCUT2D eigenvalue weighted by atomic mass is 9.94. The highest BCUT2D eigenvalue weighted by Crippen LogP contribution is 2.27. The standard InChI is InChI=1S/C16H22N2OS/c1-3-10-20-15-7-5-4-6-13(15)18-16(19)14-11-12(2)8-9-17-14/h3-7,12,14,17H,1,8-11H2,2H3,(H,18,19). The van der Waals surface area contributed by atoms with Crippen LogP contribution in [0.3, 0.4) is 0 Å². The fraction of sp³-hybridized carbons (Fsp3) is 0.438. The van der Waals surface area contributed by atoms with E-state index in [2.05, 4.69) is 24.1 Å². The molecule has 1 amide bonds. The molecule has 1 aliphatic rings. The Morgan fingerprint density at radius 3 is 3.10 bits per heavy atom. The predicted octanol–water partition coefficient (Wildman–Crippen LogP) is 3.29. The molecule has 1 aliphatic heterocycles. The molecule has 108 valence electrons. The lowest BCUT2D eigenvalue weighted by molar-refractivity contribution is -0.119. The van der Waals surface area contributed by atoms with Crippen LogP contribution in [0.15, 0.2) is 41.8 Å². The number of hydrogen-bond donors (Lipinski definition) is 2. The summed E-state index contributed by atoms with van der Waals surface area (Å²) >= 11 is 1.68. The zero-order valence-corrected chi connectivity index (χ0v) is 12.7. The number of anilines is 1. The monoisotopic (exact) mass is 290 g/mol. The van der Waals surface area contributed by atoms with E-state index in [1.54, 1.807) is 11.8 Å². The van der Waals surface area contributed by atoms with Crippen molar-refractivity contribution in [2.45, 2.75) is 30.7 Å². The molecule has 4 heteroatoms. The summed E-state index contributed by atoms with van der Waals surface area (Å²) < 4.78 is 0. The summed E-state index contributed by atoms with van der Waals surface area (Å²) in [6, 6.07) is 7.85. The highest BCUT2D eigenvalue weighted by atomic mass is 32.2. The molecule has 0 radical (unpaired) electrons. The second kappa shape index (κ2) is 7.50. The number of hydrogen-bond acceptors (Lipinski definition) is 3. The van der Waals surface area contributed by atoms with E-state index >= 15 is 0 Å². The highest BCUT2D eigenvalue weighted by Gasteiger charge is 2.24. The van der Waals surface area contributed by atoms with Crippen molar-refractivity contribution in [3.05, 3.63) is 36.9 Å². The molecule has 0 saturated carbocycles. The number of carbonyl (C=O) groups is 1. The van der Waals surface area contributed by atoms with Gasteiger partial charge in [-0.05, 0) is 37.4 Å². The zero-order valence-electron chi connectivity index (χ0n) is 11.9. The number of amides is 1. The van der Waals surface area contributed by atoms with E-state index in [4.69, 9.17) is 0 Å². The van der Waals surface area contributed by atoms with Crippen molar-refractivity contribution in [3.63, 3.8) is 0 Å². The second-order valence-corrected chi connectivity index (χ2v) is 6.28. The first-order chi connectivity index (χ1) is 9.70. The van der Waals surface area contributed by atoms with E-state index in [0.29, 0.717) is 5.92 Å². The molecule has 0 aliphatic carbocycles. The molecule has 1 saturated heterocycles. The molecule has 0 aromatic heterocycles. The normalized spacial score (nSPS) is 22.2. The van der Waals surface area contributed by atoms with Gasteiger partial charge in [-0.3, -0.25) is 4.79 Å². The van der Waals surface area contributed by atoms with E-state index in [1.807, 2.05) is 30.3 Å². The Kier molecular flexibility index (Phi) is 5.68.